The highest BCUT2D eigenvalue weighted by molar-refractivity contribution is 5.86. The zero-order valence-corrected chi connectivity index (χ0v) is 13.5. The summed E-state index contributed by atoms with van der Waals surface area (Å²) in [6.07, 6.45) is 3.21. The number of hydrogen-bond donors (Lipinski definition) is 4. The molecule has 0 atom stereocenters. The van der Waals surface area contributed by atoms with E-state index in [9.17, 15) is 0 Å². The zero-order valence-electron chi connectivity index (χ0n) is 13.5. The fourth-order valence-corrected chi connectivity index (χ4v) is 2.16. The van der Waals surface area contributed by atoms with Gasteiger partial charge in [-0.1, -0.05) is 0 Å². The predicted octanol–water partition coefficient (Wildman–Crippen LogP) is 2.93. The van der Waals surface area contributed by atoms with Gasteiger partial charge in [-0.05, 0) is 54.1 Å². The van der Waals surface area contributed by atoms with Crippen LogP contribution in [0.1, 0.15) is 11.1 Å². The van der Waals surface area contributed by atoms with E-state index < -0.39 is 0 Å². The van der Waals surface area contributed by atoms with E-state index in [2.05, 4.69) is 22.6 Å². The van der Waals surface area contributed by atoms with Gasteiger partial charge in [0, 0.05) is 36.4 Å². The summed E-state index contributed by atoms with van der Waals surface area (Å²) in [4.78, 5) is 0. The van der Waals surface area contributed by atoms with Crippen LogP contribution in [-0.4, -0.2) is 26.6 Å². The highest BCUT2D eigenvalue weighted by Gasteiger charge is 2.02. The van der Waals surface area contributed by atoms with E-state index in [0.29, 0.717) is 17.8 Å². The van der Waals surface area contributed by atoms with E-state index in [1.165, 1.54) is 6.21 Å². The van der Waals surface area contributed by atoms with Gasteiger partial charge in [-0.15, -0.1) is 0 Å². The van der Waals surface area contributed by atoms with Crippen molar-refractivity contribution in [1.82, 2.24) is 5.43 Å². The van der Waals surface area contributed by atoms with Crippen molar-refractivity contribution in [1.29, 1.82) is 5.41 Å². The summed E-state index contributed by atoms with van der Waals surface area (Å²) >= 11 is 0. The first-order valence-corrected chi connectivity index (χ1v) is 7.38. The molecular formula is C18H21N5O. The molecule has 0 aliphatic carbocycles. The summed E-state index contributed by atoms with van der Waals surface area (Å²) in [5.41, 5.74) is 12.6. The minimum atomic E-state index is 0.575. The lowest BCUT2D eigenvalue weighted by Gasteiger charge is -2.10. The second-order valence-electron chi connectivity index (χ2n) is 4.99. The standard InChI is InChI=1S/C18H21N5O/c1-21-23-18(13-3-6-16(24-2)7-4-13)9-10-22-15-5-8-17(20)14(11-15)12-19/h3-9,11-12,19,22-23H,1,10,20H2,2H3/b18-9-,19-12?. The van der Waals surface area contributed by atoms with Crippen LogP contribution in [0.3, 0.4) is 0 Å². The van der Waals surface area contributed by atoms with Gasteiger partial charge in [-0.3, -0.25) is 5.43 Å². The number of nitrogens with one attached hydrogen (secondary N) is 3. The number of nitrogens with zero attached hydrogens (tertiary/aromatic N) is 1. The summed E-state index contributed by atoms with van der Waals surface area (Å²) in [6, 6.07) is 13.2. The maximum atomic E-state index is 7.34. The fourth-order valence-electron chi connectivity index (χ4n) is 2.16. The van der Waals surface area contributed by atoms with Crippen molar-refractivity contribution in [2.75, 3.05) is 24.7 Å². The monoisotopic (exact) mass is 323 g/mol. The molecule has 6 nitrogen and oxygen atoms in total. The maximum absolute atomic E-state index is 7.34. The Kier molecular flexibility index (Phi) is 5.96. The Morgan fingerprint density at radius 2 is 2.04 bits per heavy atom. The summed E-state index contributed by atoms with van der Waals surface area (Å²) in [6.45, 7) is 4.05. The van der Waals surface area contributed by atoms with Crippen molar-refractivity contribution in [3.8, 4) is 5.75 Å². The lowest BCUT2D eigenvalue weighted by atomic mass is 10.1. The van der Waals surface area contributed by atoms with E-state index in [-0.39, 0.29) is 0 Å². The Labute approximate surface area is 141 Å². The normalized spacial score (nSPS) is 10.8. The van der Waals surface area contributed by atoms with Crippen molar-refractivity contribution >= 4 is 30.0 Å². The molecule has 2 aromatic carbocycles. The second kappa shape index (κ2) is 8.38. The van der Waals surface area contributed by atoms with Crippen LogP contribution < -0.4 is 21.2 Å². The molecular weight excluding hydrogens is 302 g/mol. The van der Waals surface area contributed by atoms with Crippen molar-refractivity contribution in [2.24, 2.45) is 5.10 Å². The largest absolute Gasteiger partial charge is 0.497 e. The van der Waals surface area contributed by atoms with Crippen LogP contribution in [0.25, 0.3) is 5.70 Å². The molecule has 0 amide bonds. The van der Waals surface area contributed by atoms with Gasteiger partial charge in [-0.25, -0.2) is 0 Å². The van der Waals surface area contributed by atoms with Crippen LogP contribution in [0.2, 0.25) is 0 Å². The third-order valence-corrected chi connectivity index (χ3v) is 3.46. The van der Waals surface area contributed by atoms with Crippen LogP contribution in [0, 0.1) is 5.41 Å². The summed E-state index contributed by atoms with van der Waals surface area (Å²) < 4.78 is 5.16. The first kappa shape index (κ1) is 17.1. The van der Waals surface area contributed by atoms with Gasteiger partial charge in [0.25, 0.3) is 0 Å². The highest BCUT2D eigenvalue weighted by Crippen LogP contribution is 2.18. The first-order valence-electron chi connectivity index (χ1n) is 7.38. The molecule has 0 spiro atoms. The SMILES string of the molecule is C=NN/C(=C\CNc1ccc(N)c(C=N)c1)c1ccc(OC)cc1. The van der Waals surface area contributed by atoms with Crippen LogP contribution in [0.15, 0.2) is 53.6 Å². The van der Waals surface area contributed by atoms with E-state index >= 15 is 0 Å². The molecule has 124 valence electrons. The van der Waals surface area contributed by atoms with Crippen LogP contribution in [-0.2, 0) is 0 Å². The third kappa shape index (κ3) is 4.36. The predicted molar refractivity (Wildman–Crippen MR) is 101 cm³/mol. The molecule has 2 aromatic rings. The molecule has 6 heteroatoms. The van der Waals surface area contributed by atoms with Crippen molar-refractivity contribution < 1.29 is 4.74 Å². The molecule has 0 aliphatic heterocycles. The van der Waals surface area contributed by atoms with Crippen LogP contribution in [0.4, 0.5) is 11.4 Å². The molecule has 0 bridgehead atoms. The molecule has 24 heavy (non-hydrogen) atoms. The number of methoxy groups -OCH3 is 1. The Morgan fingerprint density at radius 3 is 2.67 bits per heavy atom. The van der Waals surface area contributed by atoms with Gasteiger partial charge in [0.15, 0.2) is 0 Å². The van der Waals surface area contributed by atoms with Crippen LogP contribution >= 0.6 is 0 Å². The summed E-state index contributed by atoms with van der Waals surface area (Å²) in [7, 11) is 1.63. The average Bonchev–Trinajstić information content (AvgIpc) is 2.62. The summed E-state index contributed by atoms with van der Waals surface area (Å²) in [5.74, 6) is 0.795. The number of nitrogen functional groups attached to an aromatic ring is 1. The number of rotatable bonds is 8. The number of ether oxygens (including phenoxy) is 1. The van der Waals surface area contributed by atoms with Gasteiger partial charge in [0.2, 0.25) is 0 Å². The number of nitrogens with two attached hydrogens (primary N) is 1. The highest BCUT2D eigenvalue weighted by atomic mass is 16.5. The topological polar surface area (TPSA) is 95.5 Å². The average molecular weight is 323 g/mol. The second-order valence-corrected chi connectivity index (χ2v) is 4.99. The number of hydrazone groups is 1. The fraction of sp³-hybridized carbons (Fsp3) is 0.111. The van der Waals surface area contributed by atoms with Gasteiger partial charge in [-0.2, -0.15) is 5.10 Å². The maximum Gasteiger partial charge on any atom is 0.118 e. The van der Waals surface area contributed by atoms with Gasteiger partial charge >= 0.3 is 0 Å². The minimum absolute atomic E-state index is 0.575. The number of hydrogen-bond acceptors (Lipinski definition) is 6. The molecule has 0 heterocycles. The molecule has 0 aliphatic rings. The zero-order chi connectivity index (χ0) is 17.4. The van der Waals surface area contributed by atoms with E-state index in [1.807, 2.05) is 42.5 Å². The Hall–Kier alpha value is -3.28. The molecule has 0 saturated heterocycles. The quantitative estimate of drug-likeness (QED) is 0.341. The van der Waals surface area contributed by atoms with E-state index in [1.54, 1.807) is 13.2 Å². The van der Waals surface area contributed by atoms with E-state index in [4.69, 9.17) is 15.9 Å². The van der Waals surface area contributed by atoms with Crippen molar-refractivity contribution in [3.63, 3.8) is 0 Å². The van der Waals surface area contributed by atoms with Crippen molar-refractivity contribution in [3.05, 3.63) is 59.7 Å². The van der Waals surface area contributed by atoms with E-state index in [0.717, 1.165) is 22.7 Å². The molecule has 0 aromatic heterocycles. The molecule has 0 fully saturated rings. The Bertz CT molecular complexity index is 738. The molecule has 0 radical (unpaired) electrons. The smallest absolute Gasteiger partial charge is 0.118 e. The first-order chi connectivity index (χ1) is 11.7. The molecule has 0 saturated carbocycles. The number of benzene rings is 2. The Balaban J connectivity index is 2.10. The summed E-state index contributed by atoms with van der Waals surface area (Å²) in [5, 5.41) is 14.4. The van der Waals surface area contributed by atoms with Gasteiger partial charge in [0.05, 0.1) is 12.8 Å². The van der Waals surface area contributed by atoms with Gasteiger partial charge < -0.3 is 21.2 Å². The van der Waals surface area contributed by atoms with Gasteiger partial charge in [0.1, 0.15) is 5.75 Å². The van der Waals surface area contributed by atoms with Crippen molar-refractivity contribution in [2.45, 2.75) is 0 Å². The lowest BCUT2D eigenvalue weighted by Crippen LogP contribution is -2.07. The molecule has 2 rings (SSSR count). The minimum Gasteiger partial charge on any atom is -0.497 e. The van der Waals surface area contributed by atoms with Crippen LogP contribution in [0.5, 0.6) is 5.75 Å². The third-order valence-electron chi connectivity index (χ3n) is 3.46. The molecule has 0 unspecified atom stereocenters. The Morgan fingerprint density at radius 1 is 1.29 bits per heavy atom. The molecule has 5 N–H and O–H groups in total. The number of anilines is 2. The lowest BCUT2D eigenvalue weighted by molar-refractivity contribution is 0.415.